The molecular weight excluding hydrogens is 222 g/mol. The van der Waals surface area contributed by atoms with E-state index >= 15 is 0 Å². The Morgan fingerprint density at radius 3 is 2.88 bits per heavy atom. The summed E-state index contributed by atoms with van der Waals surface area (Å²) in [6.45, 7) is 6.05. The van der Waals surface area contributed by atoms with E-state index in [0.717, 1.165) is 23.8 Å². The summed E-state index contributed by atoms with van der Waals surface area (Å²) in [4.78, 5) is 0. The van der Waals surface area contributed by atoms with Crippen molar-refractivity contribution in [2.45, 2.75) is 33.2 Å². The minimum Gasteiger partial charge on any atom is -0.464 e. The van der Waals surface area contributed by atoms with Gasteiger partial charge in [0.1, 0.15) is 17.3 Å². The van der Waals surface area contributed by atoms with Crippen molar-refractivity contribution in [2.75, 3.05) is 0 Å². The van der Waals surface area contributed by atoms with Gasteiger partial charge in [-0.3, -0.25) is 9.67 Å². The number of nitrogens with one attached hydrogen (secondary N) is 1. The fourth-order valence-corrected chi connectivity index (χ4v) is 2.10. The predicted molar refractivity (Wildman–Crippen MR) is 64.0 cm³/mol. The lowest BCUT2D eigenvalue weighted by Gasteiger charge is -2.12. The molecule has 0 bridgehead atoms. The van der Waals surface area contributed by atoms with E-state index < -0.39 is 0 Å². The van der Waals surface area contributed by atoms with E-state index in [2.05, 4.69) is 24.0 Å². The lowest BCUT2D eigenvalue weighted by Crippen LogP contribution is -2.09. The van der Waals surface area contributed by atoms with Crippen LogP contribution in [0.4, 0.5) is 0 Å². The van der Waals surface area contributed by atoms with E-state index in [1.54, 1.807) is 0 Å². The van der Waals surface area contributed by atoms with Gasteiger partial charge < -0.3 is 4.42 Å². The Morgan fingerprint density at radius 1 is 1.56 bits per heavy atom. The van der Waals surface area contributed by atoms with Crippen LogP contribution in [-0.2, 0) is 6.42 Å². The van der Waals surface area contributed by atoms with Gasteiger partial charge in [-0.2, -0.15) is 5.10 Å². The molecule has 0 fully saturated rings. The first kappa shape index (κ1) is 11.1. The van der Waals surface area contributed by atoms with Crippen molar-refractivity contribution in [1.82, 2.24) is 14.8 Å². The maximum absolute atomic E-state index is 5.61. The van der Waals surface area contributed by atoms with Crippen LogP contribution in [0, 0.1) is 11.7 Å². The van der Waals surface area contributed by atoms with E-state index in [1.165, 1.54) is 0 Å². The van der Waals surface area contributed by atoms with Crippen molar-refractivity contribution >= 4 is 12.2 Å². The molecule has 86 valence electrons. The average Bonchev–Trinajstić information content (AvgIpc) is 2.83. The first-order chi connectivity index (χ1) is 7.63. The number of hydrogen-bond donors (Lipinski definition) is 1. The van der Waals surface area contributed by atoms with Crippen LogP contribution >= 0.6 is 12.2 Å². The first-order valence-electron chi connectivity index (χ1n) is 5.35. The fourth-order valence-electron chi connectivity index (χ4n) is 1.79. The van der Waals surface area contributed by atoms with Gasteiger partial charge in [0.25, 0.3) is 0 Å². The Kier molecular flexibility index (Phi) is 2.96. The number of H-pyrrole nitrogens is 1. The number of aryl methyl sites for hydroxylation is 2. The summed E-state index contributed by atoms with van der Waals surface area (Å²) in [6.07, 6.45) is 0.844. The molecule has 1 unspecified atom stereocenters. The number of aromatic nitrogens is 3. The molecule has 0 aliphatic heterocycles. The lowest BCUT2D eigenvalue weighted by molar-refractivity contribution is 0.421. The van der Waals surface area contributed by atoms with Gasteiger partial charge in [-0.15, -0.1) is 0 Å². The third-order valence-electron chi connectivity index (χ3n) is 2.65. The van der Waals surface area contributed by atoms with Gasteiger partial charge in [-0.05, 0) is 38.2 Å². The summed E-state index contributed by atoms with van der Waals surface area (Å²) in [6, 6.07) is 4.02. The standard InChI is InChI=1S/C11H15N3OS/c1-4-10-12-13-11(16)14(10)8(3)9-6-5-7(2)15-9/h5-6,8H,4H2,1-3H3,(H,13,16). The molecule has 1 atom stereocenters. The van der Waals surface area contributed by atoms with Crippen LogP contribution in [0.15, 0.2) is 16.5 Å². The molecule has 2 aromatic heterocycles. The Hall–Kier alpha value is -1.36. The van der Waals surface area contributed by atoms with Crippen LogP contribution in [-0.4, -0.2) is 14.8 Å². The topological polar surface area (TPSA) is 46.8 Å². The minimum absolute atomic E-state index is 0.0786. The summed E-state index contributed by atoms with van der Waals surface area (Å²) in [5.74, 6) is 2.77. The highest BCUT2D eigenvalue weighted by Crippen LogP contribution is 2.21. The van der Waals surface area contributed by atoms with Gasteiger partial charge in [-0.25, -0.2) is 0 Å². The Morgan fingerprint density at radius 2 is 2.31 bits per heavy atom. The number of furan rings is 1. The fraction of sp³-hybridized carbons (Fsp3) is 0.455. The number of aromatic amines is 1. The molecule has 16 heavy (non-hydrogen) atoms. The average molecular weight is 237 g/mol. The Bertz CT molecular complexity index is 537. The molecular formula is C11H15N3OS. The molecule has 0 radical (unpaired) electrons. The summed E-state index contributed by atoms with van der Waals surface area (Å²) in [5, 5.41) is 7.01. The van der Waals surface area contributed by atoms with E-state index in [1.807, 2.05) is 23.6 Å². The van der Waals surface area contributed by atoms with Crippen LogP contribution in [0.5, 0.6) is 0 Å². The largest absolute Gasteiger partial charge is 0.464 e. The zero-order valence-corrected chi connectivity index (χ0v) is 10.5. The van der Waals surface area contributed by atoms with Gasteiger partial charge in [0.15, 0.2) is 4.77 Å². The van der Waals surface area contributed by atoms with Crippen molar-refractivity contribution in [1.29, 1.82) is 0 Å². The quantitative estimate of drug-likeness (QED) is 0.835. The molecule has 0 aliphatic rings. The number of nitrogens with zero attached hydrogens (tertiary/aromatic N) is 2. The minimum atomic E-state index is 0.0786. The van der Waals surface area contributed by atoms with Crippen LogP contribution in [0.3, 0.4) is 0 Å². The normalized spacial score (nSPS) is 12.9. The van der Waals surface area contributed by atoms with Crippen LogP contribution in [0.1, 0.15) is 37.2 Å². The smallest absolute Gasteiger partial charge is 0.195 e. The van der Waals surface area contributed by atoms with Crippen molar-refractivity contribution in [3.8, 4) is 0 Å². The molecule has 0 aliphatic carbocycles. The molecule has 0 saturated heterocycles. The second-order valence-electron chi connectivity index (χ2n) is 3.79. The van der Waals surface area contributed by atoms with Gasteiger partial charge in [-0.1, -0.05) is 6.92 Å². The van der Waals surface area contributed by atoms with Crippen molar-refractivity contribution < 1.29 is 4.42 Å². The molecule has 0 spiro atoms. The molecule has 0 aromatic carbocycles. The molecule has 2 rings (SSSR count). The molecule has 0 saturated carbocycles. The third kappa shape index (κ3) is 1.82. The summed E-state index contributed by atoms with van der Waals surface area (Å²) in [5.41, 5.74) is 0. The summed E-state index contributed by atoms with van der Waals surface area (Å²) in [7, 11) is 0. The van der Waals surface area contributed by atoms with Crippen LogP contribution < -0.4 is 0 Å². The monoisotopic (exact) mass is 237 g/mol. The Labute approximate surface area is 99.3 Å². The SMILES string of the molecule is CCc1n[nH]c(=S)n1C(C)c1ccc(C)o1. The summed E-state index contributed by atoms with van der Waals surface area (Å²) < 4.78 is 8.25. The predicted octanol–water partition coefficient (Wildman–Crippen LogP) is 3.01. The Balaban J connectivity index is 2.44. The van der Waals surface area contributed by atoms with E-state index in [-0.39, 0.29) is 6.04 Å². The van der Waals surface area contributed by atoms with Gasteiger partial charge in [0, 0.05) is 6.42 Å². The highest BCUT2D eigenvalue weighted by atomic mass is 32.1. The zero-order chi connectivity index (χ0) is 11.7. The molecule has 4 nitrogen and oxygen atoms in total. The van der Waals surface area contributed by atoms with Crippen molar-refractivity contribution in [3.63, 3.8) is 0 Å². The third-order valence-corrected chi connectivity index (χ3v) is 2.94. The maximum atomic E-state index is 5.61. The van der Waals surface area contributed by atoms with Gasteiger partial charge in [0.2, 0.25) is 0 Å². The molecule has 1 N–H and O–H groups in total. The second kappa shape index (κ2) is 4.25. The summed E-state index contributed by atoms with van der Waals surface area (Å²) >= 11 is 5.23. The molecule has 5 heteroatoms. The van der Waals surface area contributed by atoms with Gasteiger partial charge >= 0.3 is 0 Å². The van der Waals surface area contributed by atoms with E-state index in [9.17, 15) is 0 Å². The highest BCUT2D eigenvalue weighted by molar-refractivity contribution is 7.71. The van der Waals surface area contributed by atoms with Gasteiger partial charge in [0.05, 0.1) is 6.04 Å². The van der Waals surface area contributed by atoms with Crippen LogP contribution in [0.2, 0.25) is 0 Å². The van der Waals surface area contributed by atoms with Crippen LogP contribution in [0.25, 0.3) is 0 Å². The number of rotatable bonds is 3. The zero-order valence-electron chi connectivity index (χ0n) is 9.65. The highest BCUT2D eigenvalue weighted by Gasteiger charge is 2.16. The molecule has 2 heterocycles. The second-order valence-corrected chi connectivity index (χ2v) is 4.18. The van der Waals surface area contributed by atoms with E-state index in [0.29, 0.717) is 4.77 Å². The first-order valence-corrected chi connectivity index (χ1v) is 5.76. The van der Waals surface area contributed by atoms with Crippen molar-refractivity contribution in [3.05, 3.63) is 34.2 Å². The molecule has 2 aromatic rings. The van der Waals surface area contributed by atoms with Crippen molar-refractivity contribution in [2.24, 2.45) is 0 Å². The maximum Gasteiger partial charge on any atom is 0.195 e. The lowest BCUT2D eigenvalue weighted by atomic mass is 10.2. The van der Waals surface area contributed by atoms with E-state index in [4.69, 9.17) is 16.6 Å². The number of hydrogen-bond acceptors (Lipinski definition) is 3. The molecule has 0 amide bonds.